The molecule has 0 aliphatic rings. The smallest absolute Gasteiger partial charge is 0.224 e. The molecule has 7 nitrogen and oxygen atoms in total. The molecule has 0 bridgehead atoms. The highest BCUT2D eigenvalue weighted by atomic mass is 16.5. The average molecular weight is 486 g/mol. The number of nitrogens with one attached hydrogen (secondary N) is 2. The predicted octanol–water partition coefficient (Wildman–Crippen LogP) is 5.78. The lowest BCUT2D eigenvalue weighted by atomic mass is 10.1. The third-order valence-electron chi connectivity index (χ3n) is 5.73. The van der Waals surface area contributed by atoms with E-state index >= 15 is 0 Å². The van der Waals surface area contributed by atoms with Crippen molar-refractivity contribution in [3.8, 4) is 0 Å². The molecule has 3 aromatic rings. The molecule has 0 saturated heterocycles. The van der Waals surface area contributed by atoms with Crippen molar-refractivity contribution in [2.45, 2.75) is 26.3 Å². The standard InChI is InChI=1S/C29H35N5O2/c1-21(18-22(2)36-6)20-30-32-23(3)24-9-14-28-25(19-24)15-17-34(28)16-7-8-29(35)31-26-10-12-27(13-11-26)33(4)5/h9-15,17-20,32H,1,3,7-8,16H2,2,4-6H3,(H,31,35)/b22-18+,30-20+. The van der Waals surface area contributed by atoms with E-state index in [1.165, 1.54) is 0 Å². The lowest BCUT2D eigenvalue weighted by Gasteiger charge is -2.13. The largest absolute Gasteiger partial charge is 0.501 e. The van der Waals surface area contributed by atoms with Crippen molar-refractivity contribution in [1.29, 1.82) is 0 Å². The van der Waals surface area contributed by atoms with E-state index < -0.39 is 0 Å². The number of carbonyl (C=O) groups is 1. The summed E-state index contributed by atoms with van der Waals surface area (Å²) in [5.41, 5.74) is 8.34. The summed E-state index contributed by atoms with van der Waals surface area (Å²) in [5.74, 6) is 0.778. The van der Waals surface area contributed by atoms with Crippen molar-refractivity contribution < 1.29 is 9.53 Å². The zero-order valence-electron chi connectivity index (χ0n) is 21.5. The Morgan fingerprint density at radius 1 is 1.14 bits per heavy atom. The zero-order valence-corrected chi connectivity index (χ0v) is 21.5. The second-order valence-electron chi connectivity index (χ2n) is 8.76. The quantitative estimate of drug-likeness (QED) is 0.148. The van der Waals surface area contributed by atoms with E-state index in [0.717, 1.165) is 52.1 Å². The van der Waals surface area contributed by atoms with Crippen LogP contribution in [0.5, 0.6) is 0 Å². The Morgan fingerprint density at radius 3 is 2.58 bits per heavy atom. The Bertz CT molecular complexity index is 1280. The van der Waals surface area contributed by atoms with Gasteiger partial charge in [-0.05, 0) is 73.0 Å². The third kappa shape index (κ3) is 7.37. The minimum absolute atomic E-state index is 0.0184. The van der Waals surface area contributed by atoms with E-state index in [9.17, 15) is 4.79 Å². The fourth-order valence-corrected chi connectivity index (χ4v) is 3.67. The summed E-state index contributed by atoms with van der Waals surface area (Å²) in [6.07, 6.45) is 6.68. The molecule has 0 aliphatic carbocycles. The predicted molar refractivity (Wildman–Crippen MR) is 151 cm³/mol. The SMILES string of the molecule is C=C(/C=N/NC(=C)c1ccc2c(ccn2CCCC(=O)Nc2ccc(N(C)C)cc2)c1)/C=C(\C)OC. The number of hydrogen-bond acceptors (Lipinski definition) is 5. The number of aromatic nitrogens is 1. The Hall–Kier alpha value is -4.26. The second kappa shape index (κ2) is 12.4. The van der Waals surface area contributed by atoms with Gasteiger partial charge in [0.25, 0.3) is 0 Å². The monoisotopic (exact) mass is 485 g/mol. The van der Waals surface area contributed by atoms with Gasteiger partial charge in [0.05, 0.1) is 24.8 Å². The van der Waals surface area contributed by atoms with Crippen LogP contribution in [0.4, 0.5) is 11.4 Å². The number of carbonyl (C=O) groups excluding carboxylic acids is 1. The molecule has 3 rings (SSSR count). The number of ether oxygens (including phenoxy) is 1. The summed E-state index contributed by atoms with van der Waals surface area (Å²) >= 11 is 0. The summed E-state index contributed by atoms with van der Waals surface area (Å²) < 4.78 is 7.28. The maximum absolute atomic E-state index is 12.4. The second-order valence-corrected chi connectivity index (χ2v) is 8.76. The minimum Gasteiger partial charge on any atom is -0.501 e. The summed E-state index contributed by atoms with van der Waals surface area (Å²) in [4.78, 5) is 14.4. The Kier molecular flexibility index (Phi) is 9.11. The summed E-state index contributed by atoms with van der Waals surface area (Å²) in [6.45, 7) is 10.6. The number of hydrazone groups is 1. The maximum Gasteiger partial charge on any atom is 0.224 e. The Labute approximate surface area is 213 Å². The molecule has 2 N–H and O–H groups in total. The van der Waals surface area contributed by atoms with E-state index in [-0.39, 0.29) is 5.91 Å². The number of nitrogens with zero attached hydrogens (tertiary/aromatic N) is 3. The highest BCUT2D eigenvalue weighted by Crippen LogP contribution is 2.21. The molecule has 0 saturated carbocycles. The number of benzene rings is 2. The molecule has 0 radical (unpaired) electrons. The highest BCUT2D eigenvalue weighted by Gasteiger charge is 2.07. The first-order valence-corrected chi connectivity index (χ1v) is 11.8. The van der Waals surface area contributed by atoms with Crippen molar-refractivity contribution in [3.63, 3.8) is 0 Å². The molecule has 0 aliphatic heterocycles. The van der Waals surface area contributed by atoms with E-state index in [1.54, 1.807) is 19.4 Å². The molecule has 1 aromatic heterocycles. The van der Waals surface area contributed by atoms with Crippen LogP contribution in [0.3, 0.4) is 0 Å². The van der Waals surface area contributed by atoms with Gasteiger partial charge in [0.15, 0.2) is 0 Å². The number of anilines is 2. The van der Waals surface area contributed by atoms with Gasteiger partial charge in [-0.2, -0.15) is 5.10 Å². The van der Waals surface area contributed by atoms with Gasteiger partial charge in [0.1, 0.15) is 0 Å². The molecule has 0 unspecified atom stereocenters. The van der Waals surface area contributed by atoms with Crippen LogP contribution in [0.2, 0.25) is 0 Å². The number of hydrogen-bond donors (Lipinski definition) is 2. The van der Waals surface area contributed by atoms with Gasteiger partial charge in [-0.3, -0.25) is 10.2 Å². The highest BCUT2D eigenvalue weighted by molar-refractivity contribution is 5.91. The van der Waals surface area contributed by atoms with E-state index in [4.69, 9.17) is 4.74 Å². The summed E-state index contributed by atoms with van der Waals surface area (Å²) in [5, 5.41) is 8.28. The maximum atomic E-state index is 12.4. The Balaban J connectivity index is 1.51. The molecule has 7 heteroatoms. The van der Waals surface area contributed by atoms with E-state index in [1.807, 2.05) is 56.3 Å². The number of rotatable bonds is 12. The number of methoxy groups -OCH3 is 1. The van der Waals surface area contributed by atoms with Crippen molar-refractivity contribution >= 4 is 40.1 Å². The molecule has 0 fully saturated rings. The summed E-state index contributed by atoms with van der Waals surface area (Å²) in [6, 6.07) is 16.1. The van der Waals surface area contributed by atoms with Gasteiger partial charge in [-0.1, -0.05) is 19.2 Å². The lowest BCUT2D eigenvalue weighted by molar-refractivity contribution is -0.116. The molecular weight excluding hydrogens is 450 g/mol. The topological polar surface area (TPSA) is 70.9 Å². The molecule has 1 amide bonds. The van der Waals surface area contributed by atoms with Crippen LogP contribution in [0.25, 0.3) is 16.6 Å². The molecule has 2 aromatic carbocycles. The van der Waals surface area contributed by atoms with Gasteiger partial charge in [0.2, 0.25) is 5.91 Å². The average Bonchev–Trinajstić information content (AvgIpc) is 3.26. The fourth-order valence-electron chi connectivity index (χ4n) is 3.67. The van der Waals surface area contributed by atoms with Crippen LogP contribution < -0.4 is 15.6 Å². The van der Waals surface area contributed by atoms with E-state index in [0.29, 0.717) is 12.1 Å². The van der Waals surface area contributed by atoms with Crippen LogP contribution in [-0.2, 0) is 16.1 Å². The van der Waals surface area contributed by atoms with Gasteiger partial charge in [0, 0.05) is 55.5 Å². The zero-order chi connectivity index (χ0) is 26.1. The number of allylic oxidation sites excluding steroid dienone is 3. The van der Waals surface area contributed by atoms with Gasteiger partial charge >= 0.3 is 0 Å². The van der Waals surface area contributed by atoms with Crippen LogP contribution in [-0.4, -0.2) is 37.9 Å². The molecule has 0 atom stereocenters. The number of amides is 1. The van der Waals surface area contributed by atoms with Crippen LogP contribution in [0, 0.1) is 0 Å². The lowest BCUT2D eigenvalue weighted by Crippen LogP contribution is -2.13. The van der Waals surface area contributed by atoms with Crippen molar-refractivity contribution in [2.75, 3.05) is 31.4 Å². The first-order valence-electron chi connectivity index (χ1n) is 11.8. The molecule has 1 heterocycles. The van der Waals surface area contributed by atoms with Gasteiger partial charge < -0.3 is 19.5 Å². The molecule has 36 heavy (non-hydrogen) atoms. The van der Waals surface area contributed by atoms with Crippen LogP contribution in [0.15, 0.2) is 90.4 Å². The van der Waals surface area contributed by atoms with Crippen molar-refractivity contribution in [2.24, 2.45) is 5.10 Å². The summed E-state index contributed by atoms with van der Waals surface area (Å²) in [7, 11) is 5.59. The van der Waals surface area contributed by atoms with Crippen molar-refractivity contribution in [1.82, 2.24) is 9.99 Å². The Morgan fingerprint density at radius 2 is 1.89 bits per heavy atom. The molecule has 0 spiro atoms. The first kappa shape index (κ1) is 26.3. The number of aryl methyl sites for hydroxylation is 1. The van der Waals surface area contributed by atoms with Crippen LogP contribution in [0.1, 0.15) is 25.3 Å². The van der Waals surface area contributed by atoms with Crippen LogP contribution >= 0.6 is 0 Å². The minimum atomic E-state index is 0.0184. The van der Waals surface area contributed by atoms with Gasteiger partial charge in [-0.15, -0.1) is 0 Å². The van der Waals surface area contributed by atoms with E-state index in [2.05, 4.69) is 58.0 Å². The fraction of sp³-hybridized carbons (Fsp3) is 0.241. The molecule has 188 valence electrons. The number of fused-ring (bicyclic) bond motifs is 1. The van der Waals surface area contributed by atoms with Gasteiger partial charge in [-0.25, -0.2) is 0 Å². The molecular formula is C29H35N5O2. The van der Waals surface area contributed by atoms with Crippen molar-refractivity contribution in [3.05, 3.63) is 90.9 Å². The normalized spacial score (nSPS) is 11.5. The first-order chi connectivity index (χ1) is 17.3. The third-order valence-corrected chi connectivity index (χ3v) is 5.73.